The van der Waals surface area contributed by atoms with Crippen LogP contribution in [0.2, 0.25) is 0 Å². The van der Waals surface area contributed by atoms with Crippen molar-refractivity contribution in [3.05, 3.63) is 0 Å². The van der Waals surface area contributed by atoms with Crippen molar-refractivity contribution in [3.63, 3.8) is 0 Å². The minimum atomic E-state index is 0. The summed E-state index contributed by atoms with van der Waals surface area (Å²) in [6.07, 6.45) is 0. The predicted octanol–water partition coefficient (Wildman–Crippen LogP) is -0.273. The van der Waals surface area contributed by atoms with Gasteiger partial charge in [0.15, 0.2) is 0 Å². The second-order valence-electron chi connectivity index (χ2n) is 2.32. The van der Waals surface area contributed by atoms with Crippen LogP contribution in [0.25, 0.3) is 0 Å². The van der Waals surface area contributed by atoms with Gasteiger partial charge in [-0.25, -0.2) is 0 Å². The van der Waals surface area contributed by atoms with Crippen LogP contribution in [-0.2, 0) is 0 Å². The molecule has 1 rings (SSSR count). The van der Waals surface area contributed by atoms with E-state index in [1.54, 1.807) is 0 Å². The van der Waals surface area contributed by atoms with Crippen LogP contribution < -0.4 is 5.32 Å². The molecule has 70 valence electrons. The zero-order chi connectivity index (χ0) is 6.53. The van der Waals surface area contributed by atoms with Crippen LogP contribution in [0, 0.1) is 0 Å². The number of aliphatic hydroxyl groups excluding tert-OH is 1. The number of β-amino-alcohol motifs (C(OH)–C–C–N with tert-alkyl or cyclic N) is 1. The Morgan fingerprint density at radius 1 is 1.18 bits per heavy atom. The maximum absolute atomic E-state index is 8.56. The Labute approximate surface area is 80.0 Å². The summed E-state index contributed by atoms with van der Waals surface area (Å²) < 4.78 is 0. The van der Waals surface area contributed by atoms with E-state index in [1.165, 1.54) is 0 Å². The lowest BCUT2D eigenvalue weighted by Gasteiger charge is -2.25. The Kier molecular flexibility index (Phi) is 10.9. The van der Waals surface area contributed by atoms with Gasteiger partial charge >= 0.3 is 0 Å². The fraction of sp³-hybridized carbons (Fsp3) is 1.00. The molecule has 1 aliphatic rings. The highest BCUT2D eigenvalue weighted by Crippen LogP contribution is 1.88. The van der Waals surface area contributed by atoms with E-state index in [-0.39, 0.29) is 24.8 Å². The Morgan fingerprint density at radius 2 is 1.73 bits per heavy atom. The number of nitrogens with zero attached hydrogens (tertiary/aromatic N) is 1. The minimum Gasteiger partial charge on any atom is -0.395 e. The highest BCUT2D eigenvalue weighted by molar-refractivity contribution is 5.85. The molecule has 3 nitrogen and oxygen atoms in total. The molecule has 0 spiro atoms. The van der Waals surface area contributed by atoms with Crippen molar-refractivity contribution < 1.29 is 5.11 Å². The van der Waals surface area contributed by atoms with E-state index in [4.69, 9.17) is 5.11 Å². The summed E-state index contributed by atoms with van der Waals surface area (Å²) in [6.45, 7) is 5.43. The third-order valence-corrected chi connectivity index (χ3v) is 1.63. The zero-order valence-corrected chi connectivity index (χ0v) is 8.09. The Balaban J connectivity index is 0. The first-order valence-corrected chi connectivity index (χ1v) is 3.47. The van der Waals surface area contributed by atoms with Crippen molar-refractivity contribution in [2.45, 2.75) is 0 Å². The van der Waals surface area contributed by atoms with Gasteiger partial charge in [-0.1, -0.05) is 0 Å². The number of aliphatic hydroxyl groups is 1. The lowest BCUT2D eigenvalue weighted by Crippen LogP contribution is -2.44. The number of hydrogen-bond acceptors (Lipinski definition) is 3. The van der Waals surface area contributed by atoms with Gasteiger partial charge in [0.1, 0.15) is 0 Å². The van der Waals surface area contributed by atoms with Crippen LogP contribution in [0.1, 0.15) is 0 Å². The Bertz CT molecular complexity index is 76.2. The molecule has 0 unspecified atom stereocenters. The van der Waals surface area contributed by atoms with Gasteiger partial charge in [0.25, 0.3) is 0 Å². The van der Waals surface area contributed by atoms with E-state index in [0.717, 1.165) is 32.7 Å². The number of nitrogens with one attached hydrogen (secondary N) is 1. The second-order valence-corrected chi connectivity index (χ2v) is 2.32. The predicted molar refractivity (Wildman–Crippen MR) is 50.9 cm³/mol. The largest absolute Gasteiger partial charge is 0.395 e. The second kappa shape index (κ2) is 8.56. The molecule has 0 bridgehead atoms. The SMILES string of the molecule is Cl.Cl.OCCN1CCNCC1. The quantitative estimate of drug-likeness (QED) is 0.648. The monoisotopic (exact) mass is 202 g/mol. The van der Waals surface area contributed by atoms with Gasteiger partial charge in [-0.15, -0.1) is 24.8 Å². The Hall–Kier alpha value is 0.460. The van der Waals surface area contributed by atoms with Crippen molar-refractivity contribution in [2.75, 3.05) is 39.3 Å². The molecule has 0 amide bonds. The van der Waals surface area contributed by atoms with Crippen molar-refractivity contribution in [1.29, 1.82) is 0 Å². The Morgan fingerprint density at radius 3 is 2.18 bits per heavy atom. The summed E-state index contributed by atoms with van der Waals surface area (Å²) in [4.78, 5) is 2.26. The molecule has 1 fully saturated rings. The van der Waals surface area contributed by atoms with Crippen molar-refractivity contribution >= 4 is 24.8 Å². The molecule has 0 aromatic carbocycles. The van der Waals surface area contributed by atoms with Crippen LogP contribution in [0.3, 0.4) is 0 Å². The number of piperazine rings is 1. The van der Waals surface area contributed by atoms with Crippen LogP contribution >= 0.6 is 24.8 Å². The molecule has 0 saturated carbocycles. The van der Waals surface area contributed by atoms with Crippen molar-refractivity contribution in [2.24, 2.45) is 0 Å². The van der Waals surface area contributed by atoms with Crippen LogP contribution in [-0.4, -0.2) is 49.3 Å². The molecule has 0 aromatic heterocycles. The van der Waals surface area contributed by atoms with Gasteiger partial charge in [-0.05, 0) is 0 Å². The van der Waals surface area contributed by atoms with E-state index in [1.807, 2.05) is 0 Å². The number of halogens is 2. The first-order valence-electron chi connectivity index (χ1n) is 3.47. The van der Waals surface area contributed by atoms with Gasteiger partial charge in [-0.2, -0.15) is 0 Å². The summed E-state index contributed by atoms with van der Waals surface area (Å²) in [6, 6.07) is 0. The van der Waals surface area contributed by atoms with Crippen LogP contribution in [0.15, 0.2) is 0 Å². The van der Waals surface area contributed by atoms with Gasteiger partial charge in [-0.3, -0.25) is 4.90 Å². The third-order valence-electron chi connectivity index (χ3n) is 1.63. The first-order chi connectivity index (χ1) is 4.43. The third kappa shape index (κ3) is 5.70. The maximum atomic E-state index is 8.56. The van der Waals surface area contributed by atoms with Gasteiger partial charge in [0, 0.05) is 32.7 Å². The summed E-state index contributed by atoms with van der Waals surface area (Å²) in [5.74, 6) is 0. The zero-order valence-electron chi connectivity index (χ0n) is 6.45. The minimum absolute atomic E-state index is 0. The van der Waals surface area contributed by atoms with E-state index >= 15 is 0 Å². The van der Waals surface area contributed by atoms with Crippen LogP contribution in [0.4, 0.5) is 0 Å². The molecule has 1 saturated heterocycles. The molecule has 0 aromatic rings. The molecular formula is C6H16Cl2N2O. The van der Waals surface area contributed by atoms with Gasteiger partial charge < -0.3 is 10.4 Å². The molecule has 1 aliphatic heterocycles. The molecule has 0 atom stereocenters. The molecule has 11 heavy (non-hydrogen) atoms. The van der Waals surface area contributed by atoms with Crippen molar-refractivity contribution in [3.8, 4) is 0 Å². The van der Waals surface area contributed by atoms with Gasteiger partial charge in [0.05, 0.1) is 6.61 Å². The topological polar surface area (TPSA) is 35.5 Å². The summed E-state index contributed by atoms with van der Waals surface area (Å²) in [5, 5.41) is 11.8. The molecule has 2 N–H and O–H groups in total. The molecule has 1 heterocycles. The summed E-state index contributed by atoms with van der Waals surface area (Å²) in [5.41, 5.74) is 0. The fourth-order valence-corrected chi connectivity index (χ4v) is 1.08. The smallest absolute Gasteiger partial charge is 0.0558 e. The summed E-state index contributed by atoms with van der Waals surface area (Å²) >= 11 is 0. The van der Waals surface area contributed by atoms with Gasteiger partial charge in [0.2, 0.25) is 0 Å². The lowest BCUT2D eigenvalue weighted by molar-refractivity contribution is 0.180. The highest BCUT2D eigenvalue weighted by atomic mass is 35.5. The molecule has 5 heteroatoms. The van der Waals surface area contributed by atoms with E-state index in [9.17, 15) is 0 Å². The van der Waals surface area contributed by atoms with Crippen LogP contribution in [0.5, 0.6) is 0 Å². The summed E-state index contributed by atoms with van der Waals surface area (Å²) in [7, 11) is 0. The number of hydrogen-bond donors (Lipinski definition) is 2. The van der Waals surface area contributed by atoms with Crippen molar-refractivity contribution in [1.82, 2.24) is 10.2 Å². The fourth-order valence-electron chi connectivity index (χ4n) is 1.08. The van der Waals surface area contributed by atoms with E-state index in [2.05, 4.69) is 10.2 Å². The average Bonchev–Trinajstić information content (AvgIpc) is 1.91. The first kappa shape index (κ1) is 14.0. The standard InChI is InChI=1S/C6H14N2O.2ClH/c9-6-5-8-3-1-7-2-4-8;;/h7,9H,1-6H2;2*1H. The highest BCUT2D eigenvalue weighted by Gasteiger charge is 2.06. The molecular weight excluding hydrogens is 187 g/mol. The van der Waals surface area contributed by atoms with E-state index < -0.39 is 0 Å². The maximum Gasteiger partial charge on any atom is 0.0558 e. The molecule has 0 radical (unpaired) electrons. The number of rotatable bonds is 2. The van der Waals surface area contributed by atoms with E-state index in [0.29, 0.717) is 6.61 Å². The average molecular weight is 203 g/mol. The molecule has 0 aliphatic carbocycles. The lowest BCUT2D eigenvalue weighted by atomic mass is 10.4. The normalized spacial score (nSPS) is 18.3.